The summed E-state index contributed by atoms with van der Waals surface area (Å²) in [4.78, 5) is 4.13. The molecule has 5 nitrogen and oxygen atoms in total. The van der Waals surface area contributed by atoms with Gasteiger partial charge in [0, 0.05) is 17.3 Å². The van der Waals surface area contributed by atoms with Crippen LogP contribution in [0.5, 0.6) is 5.75 Å². The molecule has 0 aliphatic rings. The fraction of sp³-hybridized carbons (Fsp3) is 0.571. The number of aromatic hydroxyl groups is 1. The number of aromatic nitrogens is 1. The maximum absolute atomic E-state index is 9.99. The van der Waals surface area contributed by atoms with Gasteiger partial charge in [0.15, 0.2) is 8.32 Å². The molecule has 1 aromatic rings. The Labute approximate surface area is 121 Å². The van der Waals surface area contributed by atoms with Crippen LogP contribution in [0.2, 0.25) is 18.1 Å². The Bertz CT molecular complexity index is 508. The van der Waals surface area contributed by atoms with E-state index in [0.29, 0.717) is 17.9 Å². The first-order valence-corrected chi connectivity index (χ1v) is 9.50. The van der Waals surface area contributed by atoms with Crippen molar-refractivity contribution >= 4 is 14.5 Å². The van der Waals surface area contributed by atoms with E-state index in [-0.39, 0.29) is 10.8 Å². The molecule has 1 heterocycles. The van der Waals surface area contributed by atoms with Gasteiger partial charge < -0.3 is 14.7 Å². The Kier molecular flexibility index (Phi) is 4.93. The van der Waals surface area contributed by atoms with Crippen LogP contribution in [0.15, 0.2) is 11.4 Å². The third-order valence-corrected chi connectivity index (χ3v) is 8.42. The summed E-state index contributed by atoms with van der Waals surface area (Å²) in [6.07, 6.45) is 2.87. The highest BCUT2D eigenvalue weighted by Gasteiger charge is 2.37. The van der Waals surface area contributed by atoms with Gasteiger partial charge in [0.25, 0.3) is 0 Å². The highest BCUT2D eigenvalue weighted by molar-refractivity contribution is 6.74. The summed E-state index contributed by atoms with van der Waals surface area (Å²) in [6.45, 7) is 12.9. The van der Waals surface area contributed by atoms with Crippen LogP contribution >= 0.6 is 0 Å². The van der Waals surface area contributed by atoms with E-state index in [9.17, 15) is 5.11 Å². The van der Waals surface area contributed by atoms with Crippen molar-refractivity contribution in [2.45, 2.75) is 52.4 Å². The lowest BCUT2D eigenvalue weighted by molar-refractivity contribution is 0.275. The molecule has 0 amide bonds. The van der Waals surface area contributed by atoms with E-state index in [1.807, 2.05) is 0 Å². The summed E-state index contributed by atoms with van der Waals surface area (Å²) >= 11 is 0. The van der Waals surface area contributed by atoms with Crippen molar-refractivity contribution in [1.29, 1.82) is 0 Å². The predicted octanol–water partition coefficient (Wildman–Crippen LogP) is 3.43. The fourth-order valence-electron chi connectivity index (χ4n) is 1.44. The minimum Gasteiger partial charge on any atom is -0.505 e. The van der Waals surface area contributed by atoms with Gasteiger partial charge in [-0.25, -0.2) is 0 Å². The number of oxime groups is 1. The van der Waals surface area contributed by atoms with Gasteiger partial charge >= 0.3 is 0 Å². The van der Waals surface area contributed by atoms with E-state index in [4.69, 9.17) is 9.63 Å². The number of pyridine rings is 1. The highest BCUT2D eigenvalue weighted by Crippen LogP contribution is 2.37. The van der Waals surface area contributed by atoms with E-state index in [1.54, 1.807) is 13.1 Å². The van der Waals surface area contributed by atoms with Crippen molar-refractivity contribution in [2.24, 2.45) is 5.16 Å². The molecule has 0 aliphatic heterocycles. The molecule has 0 spiro atoms. The van der Waals surface area contributed by atoms with Gasteiger partial charge in [-0.15, -0.1) is 0 Å². The second kappa shape index (κ2) is 5.93. The van der Waals surface area contributed by atoms with Gasteiger partial charge in [0.1, 0.15) is 5.75 Å². The molecule has 1 aromatic heterocycles. The molecule has 2 N–H and O–H groups in total. The topological polar surface area (TPSA) is 74.9 Å². The third-order valence-electron chi connectivity index (χ3n) is 3.94. The first-order chi connectivity index (χ1) is 9.10. The maximum atomic E-state index is 9.99. The molecule has 0 atom stereocenters. The van der Waals surface area contributed by atoms with E-state index < -0.39 is 8.32 Å². The summed E-state index contributed by atoms with van der Waals surface area (Å²) in [6, 6.07) is 0. The molecule has 0 unspecified atom stereocenters. The van der Waals surface area contributed by atoms with Crippen LogP contribution in [-0.2, 0) is 11.0 Å². The van der Waals surface area contributed by atoms with Gasteiger partial charge in [0.05, 0.1) is 18.5 Å². The molecule has 0 fully saturated rings. The van der Waals surface area contributed by atoms with Crippen LogP contribution in [0, 0.1) is 6.92 Å². The van der Waals surface area contributed by atoms with Gasteiger partial charge in [-0.1, -0.05) is 25.9 Å². The Morgan fingerprint density at radius 2 is 2.00 bits per heavy atom. The molecule has 0 saturated carbocycles. The summed E-state index contributed by atoms with van der Waals surface area (Å²) in [5, 5.41) is 21.8. The zero-order valence-corrected chi connectivity index (χ0v) is 14.1. The Morgan fingerprint density at radius 1 is 1.40 bits per heavy atom. The molecule has 0 saturated heterocycles. The Morgan fingerprint density at radius 3 is 2.50 bits per heavy atom. The highest BCUT2D eigenvalue weighted by atomic mass is 28.4. The number of rotatable bonds is 4. The van der Waals surface area contributed by atoms with Gasteiger partial charge in [-0.3, -0.25) is 4.98 Å². The van der Waals surface area contributed by atoms with Crippen LogP contribution in [0.25, 0.3) is 0 Å². The quantitative estimate of drug-likeness (QED) is 0.386. The van der Waals surface area contributed by atoms with Gasteiger partial charge in [0.2, 0.25) is 0 Å². The zero-order valence-electron chi connectivity index (χ0n) is 13.1. The normalized spacial score (nSPS) is 13.1. The lowest BCUT2D eigenvalue weighted by Crippen LogP contribution is -2.40. The lowest BCUT2D eigenvalue weighted by atomic mass is 10.1. The number of hydrogen-bond acceptors (Lipinski definition) is 5. The first-order valence-electron chi connectivity index (χ1n) is 6.59. The molecule has 0 radical (unpaired) electrons. The minimum atomic E-state index is -1.88. The van der Waals surface area contributed by atoms with E-state index in [2.05, 4.69) is 44.0 Å². The minimum absolute atomic E-state index is 0.0270. The number of nitrogens with zero attached hydrogens (tertiary/aromatic N) is 2. The van der Waals surface area contributed by atoms with Crippen molar-refractivity contribution in [2.75, 3.05) is 0 Å². The maximum Gasteiger partial charge on any atom is 0.192 e. The van der Waals surface area contributed by atoms with Crippen molar-refractivity contribution in [1.82, 2.24) is 4.98 Å². The standard InChI is InChI=1S/C14H24N2O3Si/c1-10-13(17)12(8-16-18)11(7-15-10)9-19-20(5,6)14(2,3)4/h7-8,17-18H,9H2,1-6H3/b16-8+. The average molecular weight is 296 g/mol. The molecule has 112 valence electrons. The van der Waals surface area contributed by atoms with Crippen LogP contribution in [0.3, 0.4) is 0 Å². The van der Waals surface area contributed by atoms with E-state index in [1.165, 1.54) is 6.21 Å². The number of aryl methyl sites for hydroxylation is 1. The molecule has 0 aromatic carbocycles. The van der Waals surface area contributed by atoms with E-state index in [0.717, 1.165) is 5.56 Å². The molecule has 1 rings (SSSR count). The molecular formula is C14H24N2O3Si. The largest absolute Gasteiger partial charge is 0.505 e. The average Bonchev–Trinajstić information content (AvgIpc) is 2.33. The van der Waals surface area contributed by atoms with Gasteiger partial charge in [-0.2, -0.15) is 0 Å². The molecule has 0 bridgehead atoms. The van der Waals surface area contributed by atoms with Crippen molar-refractivity contribution in [3.05, 3.63) is 23.0 Å². The predicted molar refractivity (Wildman–Crippen MR) is 82.0 cm³/mol. The Hall–Kier alpha value is -1.40. The monoisotopic (exact) mass is 296 g/mol. The van der Waals surface area contributed by atoms with Crippen LogP contribution in [0.4, 0.5) is 0 Å². The van der Waals surface area contributed by atoms with Crippen molar-refractivity contribution in [3.8, 4) is 5.75 Å². The van der Waals surface area contributed by atoms with Crippen LogP contribution in [-0.4, -0.2) is 29.8 Å². The molecule has 6 heteroatoms. The summed E-state index contributed by atoms with van der Waals surface area (Å²) in [5.41, 5.74) is 1.67. The zero-order chi connectivity index (χ0) is 15.6. The smallest absolute Gasteiger partial charge is 0.192 e. The first kappa shape index (κ1) is 16.7. The Balaban J connectivity index is 3.03. The van der Waals surface area contributed by atoms with E-state index >= 15 is 0 Å². The summed E-state index contributed by atoms with van der Waals surface area (Å²) in [5.74, 6) is 0.0270. The summed E-state index contributed by atoms with van der Waals surface area (Å²) in [7, 11) is -1.88. The second-order valence-corrected chi connectivity index (χ2v) is 11.2. The SMILES string of the molecule is Cc1ncc(CO[Si](C)(C)C(C)(C)C)c(/C=N/O)c1O. The molecule has 0 aliphatic carbocycles. The molecular weight excluding hydrogens is 272 g/mol. The van der Waals surface area contributed by atoms with Crippen LogP contribution in [0.1, 0.15) is 37.6 Å². The lowest BCUT2D eigenvalue weighted by Gasteiger charge is -2.36. The fourth-order valence-corrected chi connectivity index (χ4v) is 2.39. The molecule has 20 heavy (non-hydrogen) atoms. The third kappa shape index (κ3) is 3.58. The van der Waals surface area contributed by atoms with Crippen molar-refractivity contribution < 1.29 is 14.7 Å². The van der Waals surface area contributed by atoms with Crippen LogP contribution < -0.4 is 0 Å². The number of hydrogen-bond donors (Lipinski definition) is 2. The van der Waals surface area contributed by atoms with Gasteiger partial charge in [-0.05, 0) is 25.1 Å². The van der Waals surface area contributed by atoms with Crippen molar-refractivity contribution in [3.63, 3.8) is 0 Å². The second-order valence-electron chi connectivity index (χ2n) is 6.42. The summed E-state index contributed by atoms with van der Waals surface area (Å²) < 4.78 is 6.11.